The molecule has 2 atom stereocenters. The molecule has 0 bridgehead atoms. The Hall–Kier alpha value is -2.75. The molecule has 1 saturated heterocycles. The lowest BCUT2D eigenvalue weighted by Gasteiger charge is -2.25. The van der Waals surface area contributed by atoms with E-state index in [4.69, 9.17) is 9.72 Å². The predicted molar refractivity (Wildman–Crippen MR) is 136 cm³/mol. The van der Waals surface area contributed by atoms with Crippen molar-refractivity contribution in [1.82, 2.24) is 14.9 Å². The van der Waals surface area contributed by atoms with Gasteiger partial charge in [-0.15, -0.1) is 11.3 Å². The van der Waals surface area contributed by atoms with E-state index in [1.165, 1.54) is 10.4 Å². The summed E-state index contributed by atoms with van der Waals surface area (Å²) in [6.45, 7) is 7.53. The first-order chi connectivity index (χ1) is 16.5. The van der Waals surface area contributed by atoms with Gasteiger partial charge in [0.15, 0.2) is 0 Å². The fraction of sp³-hybridized carbons (Fsp3) is 0.480. The van der Waals surface area contributed by atoms with Gasteiger partial charge in [-0.1, -0.05) is 6.92 Å². The lowest BCUT2D eigenvalue weighted by atomic mass is 9.89. The summed E-state index contributed by atoms with van der Waals surface area (Å²) < 4.78 is 5.32. The van der Waals surface area contributed by atoms with Gasteiger partial charge < -0.3 is 20.4 Å². The number of carbonyl (C=O) groups is 1. The number of carbonyl (C=O) groups excluding carboxylic acids is 1. The van der Waals surface area contributed by atoms with Crippen molar-refractivity contribution in [3.05, 3.63) is 50.9 Å². The molecule has 1 fully saturated rings. The van der Waals surface area contributed by atoms with Gasteiger partial charge in [0.1, 0.15) is 10.7 Å². The second-order valence-electron chi connectivity index (χ2n) is 9.36. The van der Waals surface area contributed by atoms with Crippen LogP contribution in [-0.4, -0.2) is 53.6 Å². The van der Waals surface area contributed by atoms with Crippen LogP contribution in [0, 0.1) is 5.92 Å². The molecule has 8 nitrogen and oxygen atoms in total. The van der Waals surface area contributed by atoms with Crippen LogP contribution in [0.2, 0.25) is 0 Å². The molecule has 1 aromatic carbocycles. The minimum absolute atomic E-state index is 0.0286. The molecule has 34 heavy (non-hydrogen) atoms. The number of hydrogen-bond acceptors (Lipinski definition) is 7. The topological polar surface area (TPSA) is 99.3 Å². The number of hydrogen-bond donors (Lipinski definition) is 3. The van der Waals surface area contributed by atoms with Gasteiger partial charge in [0, 0.05) is 29.3 Å². The number of ether oxygens (including phenoxy) is 1. The average Bonchev–Trinajstić information content (AvgIpc) is 3.18. The number of benzene rings is 1. The Morgan fingerprint density at radius 2 is 2.00 bits per heavy atom. The van der Waals surface area contributed by atoms with Crippen molar-refractivity contribution in [2.75, 3.05) is 43.5 Å². The highest BCUT2D eigenvalue weighted by Crippen LogP contribution is 2.36. The first-order valence-corrected chi connectivity index (χ1v) is 12.8. The first kappa shape index (κ1) is 23.0. The highest BCUT2D eigenvalue weighted by atomic mass is 32.1. The monoisotopic (exact) mass is 481 g/mol. The van der Waals surface area contributed by atoms with E-state index in [2.05, 4.69) is 27.4 Å². The fourth-order valence-electron chi connectivity index (χ4n) is 4.70. The Morgan fingerprint density at radius 3 is 2.76 bits per heavy atom. The highest BCUT2D eigenvalue weighted by molar-refractivity contribution is 7.18. The molecule has 180 valence electrons. The van der Waals surface area contributed by atoms with E-state index in [-0.39, 0.29) is 17.5 Å². The SMILES string of the molecule is CC1CCc2c(sc3nc(C(C)Nc4ccc(NC(=O)CN5CCOCC5)cc4)[nH]c(=O)c23)C1. The highest BCUT2D eigenvalue weighted by Gasteiger charge is 2.23. The van der Waals surface area contributed by atoms with Crippen molar-refractivity contribution in [2.24, 2.45) is 5.92 Å². The van der Waals surface area contributed by atoms with Crippen molar-refractivity contribution in [3.8, 4) is 0 Å². The molecule has 2 unspecified atom stereocenters. The number of H-pyrrole nitrogens is 1. The molecule has 3 heterocycles. The van der Waals surface area contributed by atoms with Gasteiger partial charge in [-0.05, 0) is 61.9 Å². The Bertz CT molecular complexity index is 1230. The minimum atomic E-state index is -0.170. The van der Waals surface area contributed by atoms with E-state index >= 15 is 0 Å². The van der Waals surface area contributed by atoms with Crippen LogP contribution in [-0.2, 0) is 22.4 Å². The molecule has 0 radical (unpaired) electrons. The lowest BCUT2D eigenvalue weighted by Crippen LogP contribution is -2.41. The summed E-state index contributed by atoms with van der Waals surface area (Å²) in [5.74, 6) is 1.26. The van der Waals surface area contributed by atoms with E-state index in [0.717, 1.165) is 53.9 Å². The number of nitrogens with zero attached hydrogens (tertiary/aromatic N) is 2. The van der Waals surface area contributed by atoms with Gasteiger partial charge in [0.05, 0.1) is 31.2 Å². The summed E-state index contributed by atoms with van der Waals surface area (Å²) in [6, 6.07) is 7.42. The largest absolute Gasteiger partial charge is 0.379 e. The molecular formula is C25H31N5O3S. The van der Waals surface area contributed by atoms with Crippen LogP contribution in [0.5, 0.6) is 0 Å². The number of anilines is 2. The zero-order valence-corrected chi connectivity index (χ0v) is 20.5. The number of rotatable bonds is 6. The zero-order valence-electron chi connectivity index (χ0n) is 19.6. The normalized spacial score (nSPS) is 19.5. The third kappa shape index (κ3) is 5.01. The lowest BCUT2D eigenvalue weighted by molar-refractivity contribution is -0.118. The summed E-state index contributed by atoms with van der Waals surface area (Å²) in [6.07, 6.45) is 3.12. The fourth-order valence-corrected chi connectivity index (χ4v) is 6.09. The molecule has 9 heteroatoms. The maximum atomic E-state index is 12.9. The Labute approximate surface area is 202 Å². The summed E-state index contributed by atoms with van der Waals surface area (Å²) in [5.41, 5.74) is 2.80. The molecule has 2 aliphatic rings. The summed E-state index contributed by atoms with van der Waals surface area (Å²) >= 11 is 1.67. The van der Waals surface area contributed by atoms with Gasteiger partial charge in [-0.2, -0.15) is 0 Å². The van der Waals surface area contributed by atoms with Gasteiger partial charge in [-0.25, -0.2) is 4.98 Å². The standard InChI is InChI=1S/C25H31N5O3S/c1-15-3-8-19-20(13-15)34-25-22(19)24(32)28-23(29-25)16(2)26-17-4-6-18(7-5-17)27-21(31)14-30-9-11-33-12-10-30/h4-7,15-16,26H,3,8-14H2,1-2H3,(H,27,31)(H,28,29,32). The quantitative estimate of drug-likeness (QED) is 0.498. The van der Waals surface area contributed by atoms with E-state index in [1.54, 1.807) is 11.3 Å². The predicted octanol–water partition coefficient (Wildman–Crippen LogP) is 3.55. The molecule has 1 amide bonds. The van der Waals surface area contributed by atoms with Crippen LogP contribution in [0.4, 0.5) is 11.4 Å². The minimum Gasteiger partial charge on any atom is -0.379 e. The van der Waals surface area contributed by atoms with E-state index in [1.807, 2.05) is 31.2 Å². The maximum absolute atomic E-state index is 12.9. The number of aromatic amines is 1. The van der Waals surface area contributed by atoms with Crippen molar-refractivity contribution in [1.29, 1.82) is 0 Å². The van der Waals surface area contributed by atoms with Crippen molar-refractivity contribution >= 4 is 38.8 Å². The van der Waals surface area contributed by atoms with Gasteiger partial charge in [0.2, 0.25) is 5.91 Å². The van der Waals surface area contributed by atoms with Crippen molar-refractivity contribution < 1.29 is 9.53 Å². The van der Waals surface area contributed by atoms with Crippen LogP contribution >= 0.6 is 11.3 Å². The van der Waals surface area contributed by atoms with Crippen LogP contribution in [0.1, 0.15) is 42.6 Å². The van der Waals surface area contributed by atoms with E-state index in [9.17, 15) is 9.59 Å². The number of aryl methyl sites for hydroxylation is 1. The second-order valence-corrected chi connectivity index (χ2v) is 10.4. The van der Waals surface area contributed by atoms with Crippen molar-refractivity contribution in [2.45, 2.75) is 39.2 Å². The Morgan fingerprint density at radius 1 is 1.26 bits per heavy atom. The molecular weight excluding hydrogens is 450 g/mol. The van der Waals surface area contributed by atoms with E-state index in [0.29, 0.717) is 31.5 Å². The number of amides is 1. The molecule has 0 saturated carbocycles. The summed E-state index contributed by atoms with van der Waals surface area (Å²) in [4.78, 5) is 37.2. The van der Waals surface area contributed by atoms with Crippen LogP contribution in [0.15, 0.2) is 29.1 Å². The second kappa shape index (κ2) is 9.85. The third-order valence-electron chi connectivity index (χ3n) is 6.62. The molecule has 0 spiro atoms. The number of aromatic nitrogens is 2. The Balaban J connectivity index is 1.24. The van der Waals surface area contributed by atoms with Crippen LogP contribution in [0.25, 0.3) is 10.2 Å². The molecule has 1 aliphatic carbocycles. The molecule has 1 aliphatic heterocycles. The molecule has 3 N–H and O–H groups in total. The van der Waals surface area contributed by atoms with Crippen LogP contribution in [0.3, 0.4) is 0 Å². The van der Waals surface area contributed by atoms with Gasteiger partial charge in [0.25, 0.3) is 5.56 Å². The van der Waals surface area contributed by atoms with Crippen LogP contribution < -0.4 is 16.2 Å². The summed E-state index contributed by atoms with van der Waals surface area (Å²) in [7, 11) is 0. The third-order valence-corrected chi connectivity index (χ3v) is 7.76. The van der Waals surface area contributed by atoms with Gasteiger partial charge >= 0.3 is 0 Å². The van der Waals surface area contributed by atoms with Gasteiger partial charge in [-0.3, -0.25) is 14.5 Å². The maximum Gasteiger partial charge on any atom is 0.259 e. The van der Waals surface area contributed by atoms with E-state index < -0.39 is 0 Å². The molecule has 3 aromatic rings. The number of morpholine rings is 1. The zero-order chi connectivity index (χ0) is 23.7. The molecule has 5 rings (SSSR count). The summed E-state index contributed by atoms with van der Waals surface area (Å²) in [5, 5.41) is 7.13. The number of nitrogens with one attached hydrogen (secondary N) is 3. The molecule has 2 aromatic heterocycles. The first-order valence-electron chi connectivity index (χ1n) is 12.0. The number of fused-ring (bicyclic) bond motifs is 3. The Kier molecular flexibility index (Phi) is 6.67. The van der Waals surface area contributed by atoms with Crippen molar-refractivity contribution in [3.63, 3.8) is 0 Å². The smallest absolute Gasteiger partial charge is 0.259 e. The average molecular weight is 482 g/mol. The number of thiophene rings is 1.